The van der Waals surface area contributed by atoms with E-state index in [-0.39, 0.29) is 54.1 Å². The van der Waals surface area contributed by atoms with Gasteiger partial charge in [0.25, 0.3) is 0 Å². The van der Waals surface area contributed by atoms with Crippen molar-refractivity contribution in [2.45, 2.75) is 25.7 Å². The molecule has 0 spiro atoms. The van der Waals surface area contributed by atoms with Crippen LogP contribution in [-0.2, 0) is 9.59 Å². The number of likely N-dealkylation sites (tertiary alicyclic amines) is 2. The zero-order chi connectivity index (χ0) is 25.8. The smallest absolute Gasteiger partial charge is 0.232 e. The molecule has 0 aliphatic carbocycles. The molecule has 2 aromatic rings. The fourth-order valence-electron chi connectivity index (χ4n) is 4.99. The molecule has 0 saturated carbocycles. The highest BCUT2D eigenvalue weighted by molar-refractivity contribution is 6.42. The van der Waals surface area contributed by atoms with Gasteiger partial charge in [-0.05, 0) is 81.4 Å². The van der Waals surface area contributed by atoms with Crippen LogP contribution in [0.25, 0.3) is 0 Å². The Morgan fingerprint density at radius 2 is 1.70 bits per heavy atom. The lowest BCUT2D eigenvalue weighted by atomic mass is 9.89. The maximum absolute atomic E-state index is 13.4. The van der Waals surface area contributed by atoms with Gasteiger partial charge in [-0.1, -0.05) is 23.2 Å². The number of carbonyl (C=O) groups is 3. The molecule has 4 rings (SSSR count). The number of carbonyl (C=O) groups excluding carboxylic acids is 3. The molecule has 2 heterocycles. The van der Waals surface area contributed by atoms with Gasteiger partial charge in [0.15, 0.2) is 5.78 Å². The van der Waals surface area contributed by atoms with E-state index < -0.39 is 0 Å². The second kappa shape index (κ2) is 13.1. The lowest BCUT2D eigenvalue weighted by Gasteiger charge is -2.32. The summed E-state index contributed by atoms with van der Waals surface area (Å²) in [5.41, 5.74) is 1.22. The van der Waals surface area contributed by atoms with Gasteiger partial charge in [0.1, 0.15) is 5.82 Å². The van der Waals surface area contributed by atoms with Gasteiger partial charge in [-0.3, -0.25) is 14.4 Å². The topological polar surface area (TPSA) is 60.9 Å². The van der Waals surface area contributed by atoms with Crippen molar-refractivity contribution in [2.75, 3.05) is 44.7 Å². The molecular formula is C27H31Cl3FN3O3. The second-order valence-electron chi connectivity index (χ2n) is 9.60. The van der Waals surface area contributed by atoms with Crippen molar-refractivity contribution in [3.05, 3.63) is 63.9 Å². The molecule has 0 bridgehead atoms. The highest BCUT2D eigenvalue weighted by atomic mass is 35.5. The van der Waals surface area contributed by atoms with E-state index in [0.29, 0.717) is 34.4 Å². The van der Waals surface area contributed by atoms with E-state index in [1.54, 1.807) is 47.2 Å². The Balaban J connectivity index is 0.00000380. The third-order valence-electron chi connectivity index (χ3n) is 7.11. The fourth-order valence-corrected chi connectivity index (χ4v) is 5.28. The van der Waals surface area contributed by atoms with Crippen molar-refractivity contribution in [1.82, 2.24) is 9.80 Å². The van der Waals surface area contributed by atoms with E-state index >= 15 is 0 Å². The number of anilines is 1. The van der Waals surface area contributed by atoms with E-state index in [2.05, 4.69) is 4.90 Å². The number of Topliss-reactive ketones (excluding diaryl/α,β-unsaturated/α-hetero) is 1. The quantitative estimate of drug-likeness (QED) is 0.402. The van der Waals surface area contributed by atoms with E-state index in [1.165, 1.54) is 12.1 Å². The van der Waals surface area contributed by atoms with Crippen LogP contribution < -0.4 is 4.90 Å². The maximum Gasteiger partial charge on any atom is 0.232 e. The summed E-state index contributed by atoms with van der Waals surface area (Å²) >= 11 is 12.3. The number of hydrogen-bond acceptors (Lipinski definition) is 4. The Hall–Kier alpha value is -2.19. The molecular weight excluding hydrogens is 540 g/mol. The van der Waals surface area contributed by atoms with Gasteiger partial charge in [-0.15, -0.1) is 12.4 Å². The summed E-state index contributed by atoms with van der Waals surface area (Å²) < 4.78 is 13.2. The SMILES string of the molecule is CN1CC(C(=O)N(CCCN2CCC(C(=O)c3ccc(F)cc3)CC2)c2ccc(Cl)c(Cl)c2)CC1=O.Cl. The van der Waals surface area contributed by atoms with Crippen molar-refractivity contribution in [1.29, 1.82) is 0 Å². The van der Waals surface area contributed by atoms with Crippen LogP contribution in [0.1, 0.15) is 36.0 Å². The Morgan fingerprint density at radius 3 is 2.30 bits per heavy atom. The summed E-state index contributed by atoms with van der Waals surface area (Å²) in [5, 5.41) is 0.793. The van der Waals surface area contributed by atoms with Crippen LogP contribution in [0.4, 0.5) is 10.1 Å². The van der Waals surface area contributed by atoms with E-state index in [4.69, 9.17) is 23.2 Å². The number of amides is 2. The number of ketones is 1. The molecule has 37 heavy (non-hydrogen) atoms. The summed E-state index contributed by atoms with van der Waals surface area (Å²) in [6.07, 6.45) is 2.45. The van der Waals surface area contributed by atoms with Crippen LogP contribution >= 0.6 is 35.6 Å². The standard InChI is InChI=1S/C27H30Cl2FN3O3.ClH/c1-31-17-20(15-25(31)34)27(36)33(22-7-8-23(28)24(29)16-22)12-2-11-32-13-9-19(10-14-32)26(35)18-3-5-21(30)6-4-18;/h3-8,16,19-20H,2,9-15,17H2,1H3;1H. The molecule has 2 saturated heterocycles. The predicted molar refractivity (Wildman–Crippen MR) is 146 cm³/mol. The van der Waals surface area contributed by atoms with Gasteiger partial charge in [0.05, 0.1) is 16.0 Å². The van der Waals surface area contributed by atoms with E-state index in [0.717, 1.165) is 38.9 Å². The van der Waals surface area contributed by atoms with E-state index in [1.807, 2.05) is 0 Å². The van der Waals surface area contributed by atoms with Gasteiger partial charge in [0.2, 0.25) is 11.8 Å². The minimum Gasteiger partial charge on any atom is -0.345 e. The second-order valence-corrected chi connectivity index (χ2v) is 10.4. The molecule has 2 fully saturated rings. The zero-order valence-corrected chi connectivity index (χ0v) is 23.0. The predicted octanol–water partition coefficient (Wildman–Crippen LogP) is 5.35. The Kier molecular flexibility index (Phi) is 10.4. The molecule has 1 unspecified atom stereocenters. The first-order valence-electron chi connectivity index (χ1n) is 12.3. The van der Waals surface area contributed by atoms with Crippen LogP contribution in [0.2, 0.25) is 10.0 Å². The first-order valence-corrected chi connectivity index (χ1v) is 13.0. The molecule has 2 aromatic carbocycles. The maximum atomic E-state index is 13.4. The summed E-state index contributed by atoms with van der Waals surface area (Å²) in [6.45, 7) is 3.26. The zero-order valence-electron chi connectivity index (χ0n) is 20.7. The van der Waals surface area contributed by atoms with Crippen molar-refractivity contribution in [2.24, 2.45) is 11.8 Å². The molecule has 10 heteroatoms. The molecule has 2 amide bonds. The Labute approximate surface area is 233 Å². The molecule has 2 aliphatic heterocycles. The highest BCUT2D eigenvalue weighted by Gasteiger charge is 2.35. The largest absolute Gasteiger partial charge is 0.345 e. The molecule has 200 valence electrons. The van der Waals surface area contributed by atoms with Gasteiger partial charge < -0.3 is 14.7 Å². The monoisotopic (exact) mass is 569 g/mol. The highest BCUT2D eigenvalue weighted by Crippen LogP contribution is 2.30. The number of piperidine rings is 1. The third-order valence-corrected chi connectivity index (χ3v) is 7.85. The molecule has 1 atom stereocenters. The third kappa shape index (κ3) is 7.23. The van der Waals surface area contributed by atoms with E-state index in [9.17, 15) is 18.8 Å². The molecule has 0 aromatic heterocycles. The summed E-state index contributed by atoms with van der Waals surface area (Å²) in [7, 11) is 1.71. The molecule has 0 N–H and O–H groups in total. The number of halogens is 4. The summed E-state index contributed by atoms with van der Waals surface area (Å²) in [4.78, 5) is 43.8. The van der Waals surface area contributed by atoms with Gasteiger partial charge in [-0.2, -0.15) is 0 Å². The van der Waals surface area contributed by atoms with Crippen molar-refractivity contribution >= 4 is 58.9 Å². The van der Waals surface area contributed by atoms with Crippen molar-refractivity contribution in [3.63, 3.8) is 0 Å². The van der Waals surface area contributed by atoms with Crippen molar-refractivity contribution < 1.29 is 18.8 Å². The van der Waals surface area contributed by atoms with Crippen LogP contribution in [0.15, 0.2) is 42.5 Å². The van der Waals surface area contributed by atoms with Crippen LogP contribution in [0.3, 0.4) is 0 Å². The number of benzene rings is 2. The molecule has 0 radical (unpaired) electrons. The lowest BCUT2D eigenvalue weighted by Crippen LogP contribution is -2.41. The van der Waals surface area contributed by atoms with Crippen molar-refractivity contribution in [3.8, 4) is 0 Å². The van der Waals surface area contributed by atoms with Gasteiger partial charge >= 0.3 is 0 Å². The first kappa shape index (κ1) is 29.4. The number of hydrogen-bond donors (Lipinski definition) is 0. The molecule has 6 nitrogen and oxygen atoms in total. The van der Waals surface area contributed by atoms with Crippen LogP contribution in [0.5, 0.6) is 0 Å². The van der Waals surface area contributed by atoms with Gasteiger partial charge in [0, 0.05) is 43.7 Å². The summed E-state index contributed by atoms with van der Waals surface area (Å²) in [6, 6.07) is 10.9. The number of rotatable bonds is 8. The normalized spacial score (nSPS) is 18.5. The Morgan fingerprint density at radius 1 is 1.03 bits per heavy atom. The first-order chi connectivity index (χ1) is 17.2. The Bertz CT molecular complexity index is 1120. The minimum absolute atomic E-state index is 0. The van der Waals surface area contributed by atoms with Crippen LogP contribution in [-0.4, -0.2) is 67.2 Å². The average molecular weight is 571 g/mol. The lowest BCUT2D eigenvalue weighted by molar-refractivity contribution is -0.127. The van der Waals surface area contributed by atoms with Gasteiger partial charge in [-0.25, -0.2) is 4.39 Å². The molecule has 2 aliphatic rings. The average Bonchev–Trinajstić information content (AvgIpc) is 3.22. The van der Waals surface area contributed by atoms with Crippen LogP contribution in [0, 0.1) is 17.7 Å². The fraction of sp³-hybridized carbons (Fsp3) is 0.444. The minimum atomic E-state index is -0.384. The number of nitrogens with zero attached hydrogens (tertiary/aromatic N) is 3. The summed E-state index contributed by atoms with van der Waals surface area (Å²) in [5.74, 6) is -0.832.